The molecule has 1 aromatic carbocycles. The molecule has 0 aromatic heterocycles. The van der Waals surface area contributed by atoms with Crippen LogP contribution in [0.2, 0.25) is 0 Å². The number of benzene rings is 1. The maximum Gasteiger partial charge on any atom is 0.304 e. The molecule has 5 nitrogen and oxygen atoms in total. The van der Waals surface area contributed by atoms with Gasteiger partial charge in [-0.15, -0.1) is 0 Å². The van der Waals surface area contributed by atoms with E-state index in [1.54, 1.807) is 0 Å². The fourth-order valence-corrected chi connectivity index (χ4v) is 1.36. The molecule has 0 saturated heterocycles. The fourth-order valence-electron chi connectivity index (χ4n) is 1.36. The SMILES string of the molecule is COc1ccc(NC(=O)C(C)CC(=O)O)cc1F. The number of hydrogen-bond acceptors (Lipinski definition) is 3. The summed E-state index contributed by atoms with van der Waals surface area (Å²) in [4.78, 5) is 22.0. The summed E-state index contributed by atoms with van der Waals surface area (Å²) < 4.78 is 18.1. The molecule has 1 rings (SSSR count). The van der Waals surface area contributed by atoms with Gasteiger partial charge in [0.15, 0.2) is 11.6 Å². The van der Waals surface area contributed by atoms with E-state index in [2.05, 4.69) is 5.32 Å². The highest BCUT2D eigenvalue weighted by Crippen LogP contribution is 2.21. The van der Waals surface area contributed by atoms with Crippen LogP contribution >= 0.6 is 0 Å². The second-order valence-corrected chi connectivity index (χ2v) is 3.84. The molecule has 0 aliphatic carbocycles. The summed E-state index contributed by atoms with van der Waals surface area (Å²) in [7, 11) is 1.34. The van der Waals surface area contributed by atoms with E-state index in [1.165, 1.54) is 26.2 Å². The third-order valence-electron chi connectivity index (χ3n) is 2.35. The zero-order valence-electron chi connectivity index (χ0n) is 10.1. The van der Waals surface area contributed by atoms with E-state index in [1.807, 2.05) is 0 Å². The molecule has 1 aromatic rings. The first-order valence-electron chi connectivity index (χ1n) is 5.30. The average Bonchev–Trinajstić information content (AvgIpc) is 2.28. The minimum Gasteiger partial charge on any atom is -0.494 e. The van der Waals surface area contributed by atoms with Gasteiger partial charge in [0.25, 0.3) is 0 Å². The first-order chi connectivity index (χ1) is 8.43. The van der Waals surface area contributed by atoms with Gasteiger partial charge < -0.3 is 15.2 Å². The fraction of sp³-hybridized carbons (Fsp3) is 0.333. The number of anilines is 1. The molecule has 1 amide bonds. The minimum absolute atomic E-state index is 0.0755. The van der Waals surface area contributed by atoms with Crippen molar-refractivity contribution in [2.45, 2.75) is 13.3 Å². The Kier molecular flexibility index (Phi) is 4.65. The van der Waals surface area contributed by atoms with Gasteiger partial charge in [-0.3, -0.25) is 9.59 Å². The van der Waals surface area contributed by atoms with Crippen LogP contribution in [0.5, 0.6) is 5.75 Å². The van der Waals surface area contributed by atoms with Gasteiger partial charge in [-0.2, -0.15) is 0 Å². The number of rotatable bonds is 5. The highest BCUT2D eigenvalue weighted by atomic mass is 19.1. The summed E-state index contributed by atoms with van der Waals surface area (Å²) in [6, 6.07) is 3.98. The summed E-state index contributed by atoms with van der Waals surface area (Å²) in [5.74, 6) is -2.74. The summed E-state index contributed by atoms with van der Waals surface area (Å²) in [5.41, 5.74) is 0.260. The Balaban J connectivity index is 2.70. The Labute approximate surface area is 104 Å². The Morgan fingerprint density at radius 2 is 2.17 bits per heavy atom. The third kappa shape index (κ3) is 3.73. The van der Waals surface area contributed by atoms with Gasteiger partial charge in [0, 0.05) is 17.7 Å². The smallest absolute Gasteiger partial charge is 0.304 e. The minimum atomic E-state index is -1.06. The van der Waals surface area contributed by atoms with Crippen molar-refractivity contribution in [3.63, 3.8) is 0 Å². The van der Waals surface area contributed by atoms with Gasteiger partial charge in [0.1, 0.15) is 0 Å². The van der Waals surface area contributed by atoms with Gasteiger partial charge >= 0.3 is 5.97 Å². The maximum absolute atomic E-state index is 13.3. The lowest BCUT2D eigenvalue weighted by Gasteiger charge is -2.11. The molecule has 0 heterocycles. The van der Waals surface area contributed by atoms with E-state index in [0.29, 0.717) is 0 Å². The normalized spacial score (nSPS) is 11.7. The number of carbonyl (C=O) groups excluding carboxylic acids is 1. The van der Waals surface area contributed by atoms with E-state index in [0.717, 1.165) is 6.07 Å². The quantitative estimate of drug-likeness (QED) is 0.842. The summed E-state index contributed by atoms with van der Waals surface area (Å²) >= 11 is 0. The molecule has 18 heavy (non-hydrogen) atoms. The number of carboxylic acid groups (broad SMARTS) is 1. The van der Waals surface area contributed by atoms with E-state index in [9.17, 15) is 14.0 Å². The Bertz CT molecular complexity index is 461. The van der Waals surface area contributed by atoms with Gasteiger partial charge in [0.05, 0.1) is 13.5 Å². The van der Waals surface area contributed by atoms with E-state index in [4.69, 9.17) is 9.84 Å². The van der Waals surface area contributed by atoms with Crippen molar-refractivity contribution >= 4 is 17.6 Å². The molecule has 0 aliphatic rings. The van der Waals surface area contributed by atoms with Crippen LogP contribution in [0.3, 0.4) is 0 Å². The van der Waals surface area contributed by atoms with Crippen LogP contribution in [0.1, 0.15) is 13.3 Å². The lowest BCUT2D eigenvalue weighted by molar-refractivity contribution is -0.139. The van der Waals surface area contributed by atoms with Crippen molar-refractivity contribution < 1.29 is 23.8 Å². The molecule has 1 atom stereocenters. The Morgan fingerprint density at radius 3 is 2.67 bits per heavy atom. The summed E-state index contributed by atoms with van der Waals surface area (Å²) in [6.45, 7) is 1.49. The number of aliphatic carboxylic acids is 1. The zero-order valence-corrected chi connectivity index (χ0v) is 10.1. The number of hydrogen-bond donors (Lipinski definition) is 2. The Morgan fingerprint density at radius 1 is 1.50 bits per heavy atom. The van der Waals surface area contributed by atoms with E-state index < -0.39 is 23.6 Å². The molecule has 1 unspecified atom stereocenters. The number of nitrogens with one attached hydrogen (secondary N) is 1. The number of halogens is 1. The molecule has 0 aliphatic heterocycles. The highest BCUT2D eigenvalue weighted by Gasteiger charge is 2.17. The molecule has 0 radical (unpaired) electrons. The summed E-state index contributed by atoms with van der Waals surface area (Å²) in [6.07, 6.45) is -0.273. The molecule has 6 heteroatoms. The van der Waals surface area contributed by atoms with Crippen LogP contribution in [0.4, 0.5) is 10.1 Å². The van der Waals surface area contributed by atoms with Crippen LogP contribution in [0.15, 0.2) is 18.2 Å². The van der Waals surface area contributed by atoms with Gasteiger partial charge in [-0.05, 0) is 12.1 Å². The van der Waals surface area contributed by atoms with Crippen molar-refractivity contribution in [3.05, 3.63) is 24.0 Å². The summed E-state index contributed by atoms with van der Waals surface area (Å²) in [5, 5.41) is 11.0. The average molecular weight is 255 g/mol. The second-order valence-electron chi connectivity index (χ2n) is 3.84. The van der Waals surface area contributed by atoms with Crippen LogP contribution in [-0.4, -0.2) is 24.1 Å². The van der Waals surface area contributed by atoms with Crippen LogP contribution in [0, 0.1) is 11.7 Å². The van der Waals surface area contributed by atoms with Gasteiger partial charge in [-0.25, -0.2) is 4.39 Å². The standard InChI is InChI=1S/C12H14FNO4/c1-7(5-11(15)16)12(17)14-8-3-4-10(18-2)9(13)6-8/h3-4,6-7H,5H2,1-2H3,(H,14,17)(H,15,16). The molecule has 98 valence electrons. The lowest BCUT2D eigenvalue weighted by atomic mass is 10.1. The van der Waals surface area contributed by atoms with Crippen molar-refractivity contribution in [1.29, 1.82) is 0 Å². The Hall–Kier alpha value is -2.11. The number of amides is 1. The van der Waals surface area contributed by atoms with Crippen molar-refractivity contribution in [2.75, 3.05) is 12.4 Å². The van der Waals surface area contributed by atoms with Crippen LogP contribution in [-0.2, 0) is 9.59 Å². The molecule has 0 fully saturated rings. The number of carbonyl (C=O) groups is 2. The molecule has 2 N–H and O–H groups in total. The topological polar surface area (TPSA) is 75.6 Å². The van der Waals surface area contributed by atoms with Crippen molar-refractivity contribution in [1.82, 2.24) is 0 Å². The lowest BCUT2D eigenvalue weighted by Crippen LogP contribution is -2.22. The largest absolute Gasteiger partial charge is 0.494 e. The predicted molar refractivity (Wildman–Crippen MR) is 63.0 cm³/mol. The molecular weight excluding hydrogens is 241 g/mol. The first-order valence-corrected chi connectivity index (χ1v) is 5.30. The molecule has 0 spiro atoms. The van der Waals surface area contributed by atoms with E-state index >= 15 is 0 Å². The van der Waals surface area contributed by atoms with E-state index in [-0.39, 0.29) is 17.9 Å². The highest BCUT2D eigenvalue weighted by molar-refractivity contribution is 5.94. The van der Waals surface area contributed by atoms with Crippen molar-refractivity contribution in [3.8, 4) is 5.75 Å². The second kappa shape index (κ2) is 6.00. The van der Waals surface area contributed by atoms with Crippen LogP contribution < -0.4 is 10.1 Å². The molecule has 0 saturated carbocycles. The monoisotopic (exact) mass is 255 g/mol. The number of ether oxygens (including phenoxy) is 1. The molecule has 0 bridgehead atoms. The third-order valence-corrected chi connectivity index (χ3v) is 2.35. The maximum atomic E-state index is 13.3. The zero-order chi connectivity index (χ0) is 13.7. The van der Waals surface area contributed by atoms with Gasteiger partial charge in [0.2, 0.25) is 5.91 Å². The first kappa shape index (κ1) is 14.0. The number of methoxy groups -OCH3 is 1. The van der Waals surface area contributed by atoms with Crippen molar-refractivity contribution in [2.24, 2.45) is 5.92 Å². The predicted octanol–water partition coefficient (Wildman–Crippen LogP) is 1.88. The molecular formula is C12H14FNO4. The van der Waals surface area contributed by atoms with Gasteiger partial charge in [-0.1, -0.05) is 6.92 Å². The number of carboxylic acids is 1. The van der Waals surface area contributed by atoms with Crippen LogP contribution in [0.25, 0.3) is 0 Å².